The summed E-state index contributed by atoms with van der Waals surface area (Å²) in [5.74, 6) is 0. The van der Waals surface area contributed by atoms with Crippen LogP contribution in [0.25, 0.3) is 0 Å². The van der Waals surface area contributed by atoms with Gasteiger partial charge in [0.25, 0.3) is 10.0 Å². The van der Waals surface area contributed by atoms with Crippen molar-refractivity contribution in [2.75, 3.05) is 10.5 Å². The second-order valence-electron chi connectivity index (χ2n) is 4.32. The molecule has 0 atom stereocenters. The Kier molecular flexibility index (Phi) is 4.50. The summed E-state index contributed by atoms with van der Waals surface area (Å²) in [6.45, 7) is 0. The standard InChI is InChI=1S/C14H12BrN3O2S/c15-13-6-5-12(9-14(13)17)21(19,20)18-11-3-1-10(2-4-11)7-8-16/h1-6,9,18H,7,17H2. The Balaban J connectivity index is 2.24. The van der Waals surface area contributed by atoms with E-state index >= 15 is 0 Å². The van der Waals surface area contributed by atoms with Crippen LogP contribution in [0, 0.1) is 11.3 Å². The highest BCUT2D eigenvalue weighted by molar-refractivity contribution is 9.10. The highest BCUT2D eigenvalue weighted by Crippen LogP contribution is 2.24. The third kappa shape index (κ3) is 3.74. The van der Waals surface area contributed by atoms with Crippen LogP contribution in [0.1, 0.15) is 5.56 Å². The summed E-state index contributed by atoms with van der Waals surface area (Å²) < 4.78 is 27.6. The molecule has 0 fully saturated rings. The molecule has 108 valence electrons. The number of hydrogen-bond acceptors (Lipinski definition) is 4. The number of anilines is 2. The number of rotatable bonds is 4. The topological polar surface area (TPSA) is 96.0 Å². The summed E-state index contributed by atoms with van der Waals surface area (Å²) in [7, 11) is -3.69. The first-order chi connectivity index (χ1) is 9.92. The van der Waals surface area contributed by atoms with Gasteiger partial charge in [-0.25, -0.2) is 8.42 Å². The number of nitriles is 1. The summed E-state index contributed by atoms with van der Waals surface area (Å²) in [5, 5.41) is 8.60. The molecule has 2 aromatic rings. The molecular formula is C14H12BrN3O2S. The third-order valence-electron chi connectivity index (χ3n) is 2.77. The molecule has 2 aromatic carbocycles. The van der Waals surface area contributed by atoms with Crippen molar-refractivity contribution >= 4 is 37.3 Å². The van der Waals surface area contributed by atoms with Crippen molar-refractivity contribution < 1.29 is 8.42 Å². The highest BCUT2D eigenvalue weighted by atomic mass is 79.9. The summed E-state index contributed by atoms with van der Waals surface area (Å²) in [4.78, 5) is 0.0873. The lowest BCUT2D eigenvalue weighted by Crippen LogP contribution is -2.13. The Hall–Kier alpha value is -2.04. The average Bonchev–Trinajstić information content (AvgIpc) is 2.44. The van der Waals surface area contributed by atoms with E-state index in [4.69, 9.17) is 11.0 Å². The number of nitrogens with two attached hydrogens (primary N) is 1. The van der Waals surface area contributed by atoms with Crippen LogP contribution in [0.3, 0.4) is 0 Å². The van der Waals surface area contributed by atoms with E-state index in [9.17, 15) is 8.42 Å². The van der Waals surface area contributed by atoms with Gasteiger partial charge in [-0.05, 0) is 51.8 Å². The van der Waals surface area contributed by atoms with Crippen LogP contribution in [0.15, 0.2) is 51.8 Å². The lowest BCUT2D eigenvalue weighted by molar-refractivity contribution is 0.601. The van der Waals surface area contributed by atoms with Crippen molar-refractivity contribution in [1.82, 2.24) is 0 Å². The molecule has 0 unspecified atom stereocenters. The van der Waals surface area contributed by atoms with Crippen molar-refractivity contribution in [3.63, 3.8) is 0 Å². The van der Waals surface area contributed by atoms with Crippen LogP contribution in [-0.2, 0) is 16.4 Å². The van der Waals surface area contributed by atoms with E-state index in [0.29, 0.717) is 15.8 Å². The lowest BCUT2D eigenvalue weighted by atomic mass is 10.1. The van der Waals surface area contributed by atoms with E-state index in [1.165, 1.54) is 12.1 Å². The monoisotopic (exact) mass is 365 g/mol. The minimum Gasteiger partial charge on any atom is -0.398 e. The fourth-order valence-corrected chi connectivity index (χ4v) is 3.03. The van der Waals surface area contributed by atoms with E-state index < -0.39 is 10.0 Å². The second kappa shape index (κ2) is 6.16. The fraction of sp³-hybridized carbons (Fsp3) is 0.0714. The molecular weight excluding hydrogens is 354 g/mol. The number of nitrogens with zero attached hydrogens (tertiary/aromatic N) is 1. The molecule has 0 spiro atoms. The maximum atomic E-state index is 12.2. The Morgan fingerprint density at radius 2 is 1.86 bits per heavy atom. The molecule has 0 aliphatic rings. The van der Waals surface area contributed by atoms with Crippen LogP contribution >= 0.6 is 15.9 Å². The van der Waals surface area contributed by atoms with Crippen molar-refractivity contribution in [3.05, 3.63) is 52.5 Å². The molecule has 0 aromatic heterocycles. The van der Waals surface area contributed by atoms with Gasteiger partial charge in [0.2, 0.25) is 0 Å². The molecule has 0 heterocycles. The predicted molar refractivity (Wildman–Crippen MR) is 85.1 cm³/mol. The normalized spacial score (nSPS) is 10.9. The van der Waals surface area contributed by atoms with Gasteiger partial charge in [0, 0.05) is 15.8 Å². The molecule has 0 saturated heterocycles. The Morgan fingerprint density at radius 3 is 2.43 bits per heavy atom. The first-order valence-corrected chi connectivity index (χ1v) is 8.24. The van der Waals surface area contributed by atoms with Gasteiger partial charge in [0.15, 0.2) is 0 Å². The number of halogens is 1. The van der Waals surface area contributed by atoms with Gasteiger partial charge in [-0.15, -0.1) is 0 Å². The quantitative estimate of drug-likeness (QED) is 0.814. The Morgan fingerprint density at radius 1 is 1.19 bits per heavy atom. The zero-order valence-electron chi connectivity index (χ0n) is 10.9. The van der Waals surface area contributed by atoms with E-state index in [1.54, 1.807) is 30.3 Å². The van der Waals surface area contributed by atoms with Gasteiger partial charge in [0.1, 0.15) is 0 Å². The van der Waals surface area contributed by atoms with Gasteiger partial charge < -0.3 is 5.73 Å². The summed E-state index contributed by atoms with van der Waals surface area (Å²) >= 11 is 3.22. The molecule has 0 radical (unpaired) electrons. The number of nitrogen functional groups attached to an aromatic ring is 1. The molecule has 0 saturated carbocycles. The van der Waals surface area contributed by atoms with Crippen LogP contribution in [-0.4, -0.2) is 8.42 Å². The fourth-order valence-electron chi connectivity index (χ4n) is 1.68. The first kappa shape index (κ1) is 15.4. The van der Waals surface area contributed by atoms with Crippen molar-refractivity contribution in [2.24, 2.45) is 0 Å². The van der Waals surface area contributed by atoms with E-state index in [2.05, 4.69) is 20.7 Å². The zero-order chi connectivity index (χ0) is 15.5. The third-order valence-corrected chi connectivity index (χ3v) is 4.87. The summed E-state index contributed by atoms with van der Waals surface area (Å²) in [6, 6.07) is 13.1. The SMILES string of the molecule is N#CCc1ccc(NS(=O)(=O)c2ccc(Br)c(N)c2)cc1. The van der Waals surface area contributed by atoms with Crippen molar-refractivity contribution in [1.29, 1.82) is 5.26 Å². The largest absolute Gasteiger partial charge is 0.398 e. The molecule has 0 amide bonds. The molecule has 5 nitrogen and oxygen atoms in total. The highest BCUT2D eigenvalue weighted by Gasteiger charge is 2.15. The van der Waals surface area contributed by atoms with Crippen LogP contribution < -0.4 is 10.5 Å². The summed E-state index contributed by atoms with van der Waals surface area (Å²) in [6.07, 6.45) is 0.288. The molecule has 3 N–H and O–H groups in total. The minimum absolute atomic E-state index is 0.0873. The predicted octanol–water partition coefficient (Wildman–Crippen LogP) is 2.90. The molecule has 0 bridgehead atoms. The van der Waals surface area contributed by atoms with Crippen molar-refractivity contribution in [2.45, 2.75) is 11.3 Å². The van der Waals surface area contributed by atoms with Gasteiger partial charge in [-0.2, -0.15) is 5.26 Å². The number of hydrogen-bond donors (Lipinski definition) is 2. The first-order valence-electron chi connectivity index (χ1n) is 5.96. The number of benzene rings is 2. The number of nitrogens with one attached hydrogen (secondary N) is 1. The Labute approximate surface area is 131 Å². The van der Waals surface area contributed by atoms with E-state index in [1.807, 2.05) is 6.07 Å². The molecule has 2 rings (SSSR count). The zero-order valence-corrected chi connectivity index (χ0v) is 13.3. The van der Waals surface area contributed by atoms with Crippen LogP contribution in [0.4, 0.5) is 11.4 Å². The van der Waals surface area contributed by atoms with Crippen LogP contribution in [0.5, 0.6) is 0 Å². The molecule has 7 heteroatoms. The van der Waals surface area contributed by atoms with Gasteiger partial charge >= 0.3 is 0 Å². The molecule has 0 aliphatic heterocycles. The second-order valence-corrected chi connectivity index (χ2v) is 6.86. The molecule has 21 heavy (non-hydrogen) atoms. The lowest BCUT2D eigenvalue weighted by Gasteiger charge is -2.09. The Bertz CT molecular complexity index is 796. The maximum Gasteiger partial charge on any atom is 0.261 e. The van der Waals surface area contributed by atoms with E-state index in [-0.39, 0.29) is 11.3 Å². The summed E-state index contributed by atoms with van der Waals surface area (Å²) in [5.41, 5.74) is 7.30. The van der Waals surface area contributed by atoms with E-state index in [0.717, 1.165) is 5.56 Å². The minimum atomic E-state index is -3.69. The smallest absolute Gasteiger partial charge is 0.261 e. The number of sulfonamides is 1. The van der Waals surface area contributed by atoms with Gasteiger partial charge in [-0.3, -0.25) is 4.72 Å². The van der Waals surface area contributed by atoms with Crippen molar-refractivity contribution in [3.8, 4) is 6.07 Å². The molecule has 0 aliphatic carbocycles. The maximum absolute atomic E-state index is 12.2. The van der Waals surface area contributed by atoms with Gasteiger partial charge in [-0.1, -0.05) is 12.1 Å². The average molecular weight is 366 g/mol. The van der Waals surface area contributed by atoms with Crippen LogP contribution in [0.2, 0.25) is 0 Å². The van der Waals surface area contributed by atoms with Gasteiger partial charge in [0.05, 0.1) is 17.4 Å².